The second kappa shape index (κ2) is 15.2. The average molecular weight is 761 g/mol. The van der Waals surface area contributed by atoms with Gasteiger partial charge in [-0.1, -0.05) is 231 Å². The summed E-state index contributed by atoms with van der Waals surface area (Å²) in [6.07, 6.45) is 0. The predicted octanol–water partition coefficient (Wildman–Crippen LogP) is 16.8. The zero-order valence-corrected chi connectivity index (χ0v) is 33.1. The molecule has 0 heterocycles. The molecule has 280 valence electrons. The second-order valence-electron chi connectivity index (χ2n) is 15.6. The Morgan fingerprint density at radius 1 is 0.150 bits per heavy atom. The quantitative estimate of drug-likeness (QED) is 0.142. The smallest absolute Gasteiger partial charge is 0.00261 e. The summed E-state index contributed by atoms with van der Waals surface area (Å²) in [5.41, 5.74) is 17.1. The van der Waals surface area contributed by atoms with E-state index in [1.54, 1.807) is 0 Å². The molecule has 0 aliphatic heterocycles. The van der Waals surface area contributed by atoms with Gasteiger partial charge in [-0.05, 0) is 122 Å². The third-order valence-corrected chi connectivity index (χ3v) is 12.1. The van der Waals surface area contributed by atoms with E-state index in [1.807, 2.05) is 0 Å². The first-order valence-electron chi connectivity index (χ1n) is 20.8. The standard InChI is InChI=1S/C60H40/c1-4-17-41(18-5-1)46-23-16-24-47(39-46)42-31-33-44(34-32-42)50-37-38-52(51-26-11-10-25-49(51)43-19-6-2-7-20-43)53-36-35-48(40-58(50)53)60-56-29-14-12-27-54(56)59(45-21-8-3-9-22-45)55-28-13-15-30-57(55)60/h1-40H. The van der Waals surface area contributed by atoms with Gasteiger partial charge in [0, 0.05) is 0 Å². The van der Waals surface area contributed by atoms with Crippen LogP contribution in [0.2, 0.25) is 0 Å². The highest BCUT2D eigenvalue weighted by Crippen LogP contribution is 2.46. The Kier molecular flexibility index (Phi) is 8.95. The van der Waals surface area contributed by atoms with E-state index in [2.05, 4.69) is 243 Å². The van der Waals surface area contributed by atoms with Gasteiger partial charge < -0.3 is 0 Å². The Hall–Kier alpha value is -7.80. The third kappa shape index (κ3) is 6.27. The molecule has 0 unspecified atom stereocenters. The lowest BCUT2D eigenvalue weighted by atomic mass is 9.84. The van der Waals surface area contributed by atoms with Crippen LogP contribution in [0.4, 0.5) is 0 Å². The van der Waals surface area contributed by atoms with Crippen molar-refractivity contribution in [2.75, 3.05) is 0 Å². The van der Waals surface area contributed by atoms with Gasteiger partial charge in [0.15, 0.2) is 0 Å². The fraction of sp³-hybridized carbons (Fsp3) is 0. The van der Waals surface area contributed by atoms with Gasteiger partial charge >= 0.3 is 0 Å². The molecule has 0 bridgehead atoms. The number of hydrogen-bond donors (Lipinski definition) is 0. The van der Waals surface area contributed by atoms with Crippen molar-refractivity contribution in [1.82, 2.24) is 0 Å². The molecule has 0 N–H and O–H groups in total. The van der Waals surface area contributed by atoms with Crippen LogP contribution in [0.15, 0.2) is 243 Å². The number of benzene rings is 11. The molecule has 0 aromatic heterocycles. The molecule has 0 nitrogen and oxygen atoms in total. The summed E-state index contributed by atoms with van der Waals surface area (Å²) in [7, 11) is 0. The van der Waals surface area contributed by atoms with Crippen molar-refractivity contribution in [3.63, 3.8) is 0 Å². The molecule has 0 heteroatoms. The molecule has 11 rings (SSSR count). The number of hydrogen-bond acceptors (Lipinski definition) is 0. The molecule has 0 aliphatic rings. The lowest BCUT2D eigenvalue weighted by Gasteiger charge is -2.19. The van der Waals surface area contributed by atoms with Gasteiger partial charge in [-0.3, -0.25) is 0 Å². The van der Waals surface area contributed by atoms with Gasteiger partial charge in [-0.2, -0.15) is 0 Å². The van der Waals surface area contributed by atoms with Crippen molar-refractivity contribution >= 4 is 32.3 Å². The van der Waals surface area contributed by atoms with Crippen LogP contribution in [0.1, 0.15) is 0 Å². The number of rotatable bonds is 7. The van der Waals surface area contributed by atoms with Gasteiger partial charge in [-0.25, -0.2) is 0 Å². The highest BCUT2D eigenvalue weighted by molar-refractivity contribution is 6.22. The van der Waals surface area contributed by atoms with Crippen LogP contribution < -0.4 is 0 Å². The van der Waals surface area contributed by atoms with Crippen LogP contribution in [0.3, 0.4) is 0 Å². The summed E-state index contributed by atoms with van der Waals surface area (Å²) in [5.74, 6) is 0. The molecule has 0 atom stereocenters. The van der Waals surface area contributed by atoms with Crippen LogP contribution in [0.5, 0.6) is 0 Å². The summed E-state index contributed by atoms with van der Waals surface area (Å²) in [6.45, 7) is 0. The Labute approximate surface area is 351 Å². The SMILES string of the molecule is c1ccc(-c2cccc(-c3ccc(-c4ccc(-c5ccccc5-c5ccccc5)c5ccc(-c6c7ccccc7c(-c7ccccc7)c7ccccc67)cc45)cc3)c2)cc1. The molecule has 60 heavy (non-hydrogen) atoms. The molecular weight excluding hydrogens is 721 g/mol. The molecule has 11 aromatic carbocycles. The lowest BCUT2D eigenvalue weighted by Crippen LogP contribution is -1.92. The van der Waals surface area contributed by atoms with Crippen molar-refractivity contribution in [3.05, 3.63) is 243 Å². The molecule has 0 aliphatic carbocycles. The summed E-state index contributed by atoms with van der Waals surface area (Å²) in [5, 5.41) is 7.48. The van der Waals surface area contributed by atoms with Gasteiger partial charge in [0.05, 0.1) is 0 Å². The Bertz CT molecular complexity index is 3270. The van der Waals surface area contributed by atoms with Crippen molar-refractivity contribution < 1.29 is 0 Å². The summed E-state index contributed by atoms with van der Waals surface area (Å²) in [4.78, 5) is 0. The third-order valence-electron chi connectivity index (χ3n) is 12.1. The fourth-order valence-corrected chi connectivity index (χ4v) is 9.28. The minimum absolute atomic E-state index is 1.19. The van der Waals surface area contributed by atoms with Crippen molar-refractivity contribution in [3.8, 4) is 77.9 Å². The Morgan fingerprint density at radius 3 is 1.15 bits per heavy atom. The predicted molar refractivity (Wildman–Crippen MR) is 257 cm³/mol. The lowest BCUT2D eigenvalue weighted by molar-refractivity contribution is 1.57. The maximum absolute atomic E-state index is 2.45. The van der Waals surface area contributed by atoms with Crippen molar-refractivity contribution in [2.45, 2.75) is 0 Å². The highest BCUT2D eigenvalue weighted by atomic mass is 14.2. The Balaban J connectivity index is 1.13. The van der Waals surface area contributed by atoms with Crippen LogP contribution in [0.25, 0.3) is 110 Å². The van der Waals surface area contributed by atoms with E-state index < -0.39 is 0 Å². The molecule has 0 fully saturated rings. The summed E-state index contributed by atoms with van der Waals surface area (Å²) in [6, 6.07) is 88.7. The maximum Gasteiger partial charge on any atom is -0.00261 e. The molecule has 0 radical (unpaired) electrons. The minimum Gasteiger partial charge on any atom is -0.0622 e. The van der Waals surface area contributed by atoms with E-state index in [9.17, 15) is 0 Å². The van der Waals surface area contributed by atoms with E-state index in [0.29, 0.717) is 0 Å². The molecular formula is C60H40. The molecule has 0 saturated heterocycles. The molecule has 0 spiro atoms. The van der Waals surface area contributed by atoms with Crippen LogP contribution in [-0.4, -0.2) is 0 Å². The zero-order chi connectivity index (χ0) is 39.8. The van der Waals surface area contributed by atoms with Gasteiger partial charge in [0.1, 0.15) is 0 Å². The van der Waals surface area contributed by atoms with Crippen molar-refractivity contribution in [2.24, 2.45) is 0 Å². The Morgan fingerprint density at radius 2 is 0.550 bits per heavy atom. The molecule has 11 aromatic rings. The fourth-order valence-electron chi connectivity index (χ4n) is 9.28. The maximum atomic E-state index is 2.45. The van der Waals surface area contributed by atoms with E-state index in [1.165, 1.54) is 110 Å². The van der Waals surface area contributed by atoms with Crippen LogP contribution in [-0.2, 0) is 0 Å². The summed E-state index contributed by atoms with van der Waals surface area (Å²) >= 11 is 0. The van der Waals surface area contributed by atoms with E-state index >= 15 is 0 Å². The van der Waals surface area contributed by atoms with Gasteiger partial charge in [-0.15, -0.1) is 0 Å². The first kappa shape index (κ1) is 35.4. The topological polar surface area (TPSA) is 0 Å². The van der Waals surface area contributed by atoms with Gasteiger partial charge in [0.25, 0.3) is 0 Å². The monoisotopic (exact) mass is 760 g/mol. The normalized spacial score (nSPS) is 11.3. The van der Waals surface area contributed by atoms with Crippen LogP contribution >= 0.6 is 0 Å². The summed E-state index contributed by atoms with van der Waals surface area (Å²) < 4.78 is 0. The van der Waals surface area contributed by atoms with Crippen LogP contribution in [0, 0.1) is 0 Å². The molecule has 0 saturated carbocycles. The first-order chi connectivity index (χ1) is 29.8. The van der Waals surface area contributed by atoms with E-state index in [4.69, 9.17) is 0 Å². The minimum atomic E-state index is 1.19. The number of fused-ring (bicyclic) bond motifs is 3. The first-order valence-corrected chi connectivity index (χ1v) is 20.8. The second-order valence-corrected chi connectivity index (χ2v) is 15.6. The molecule has 0 amide bonds. The zero-order valence-electron chi connectivity index (χ0n) is 33.1. The highest BCUT2D eigenvalue weighted by Gasteiger charge is 2.19. The largest absolute Gasteiger partial charge is 0.0622 e. The van der Waals surface area contributed by atoms with Gasteiger partial charge in [0.2, 0.25) is 0 Å². The average Bonchev–Trinajstić information content (AvgIpc) is 3.33. The van der Waals surface area contributed by atoms with Crippen molar-refractivity contribution in [1.29, 1.82) is 0 Å². The van der Waals surface area contributed by atoms with E-state index in [0.717, 1.165) is 0 Å². The van der Waals surface area contributed by atoms with E-state index in [-0.39, 0.29) is 0 Å².